The highest BCUT2D eigenvalue weighted by atomic mass is 32.2. The Hall–Kier alpha value is -0.610. The Balaban J connectivity index is 2.55. The SMILES string of the molecule is CN(Cc1ccccc1)C(=S)SF. The first-order chi connectivity index (χ1) is 6.24. The predicted octanol–water partition coefficient (Wildman–Crippen LogP) is 3.02. The summed E-state index contributed by atoms with van der Waals surface area (Å²) in [4.78, 5) is 1.70. The van der Waals surface area contributed by atoms with Gasteiger partial charge in [-0.05, 0) is 17.8 Å². The summed E-state index contributed by atoms with van der Waals surface area (Å²) in [6, 6.07) is 9.83. The summed E-state index contributed by atoms with van der Waals surface area (Å²) in [5, 5.41) is 0. The van der Waals surface area contributed by atoms with Crippen molar-refractivity contribution in [1.29, 1.82) is 0 Å². The Kier molecular flexibility index (Phi) is 4.18. The number of rotatable bonds is 2. The zero-order valence-corrected chi connectivity index (χ0v) is 8.87. The van der Waals surface area contributed by atoms with Gasteiger partial charge in [0.25, 0.3) is 0 Å². The molecule has 0 atom stereocenters. The molecule has 0 saturated heterocycles. The molecule has 0 aliphatic carbocycles. The quantitative estimate of drug-likeness (QED) is 0.698. The minimum atomic E-state index is 0.110. The first-order valence-electron chi connectivity index (χ1n) is 3.81. The van der Waals surface area contributed by atoms with Crippen molar-refractivity contribution >= 4 is 28.7 Å². The molecular weight excluding hydrogens is 205 g/mol. The van der Waals surface area contributed by atoms with Gasteiger partial charge in [-0.15, -0.1) is 0 Å². The van der Waals surface area contributed by atoms with Crippen LogP contribution in [0.4, 0.5) is 3.89 Å². The van der Waals surface area contributed by atoms with Gasteiger partial charge in [-0.2, -0.15) is 3.89 Å². The molecule has 0 fully saturated rings. The van der Waals surface area contributed by atoms with Crippen LogP contribution in [0.25, 0.3) is 0 Å². The number of hydrogen-bond acceptors (Lipinski definition) is 2. The minimum Gasteiger partial charge on any atom is -0.354 e. The monoisotopic (exact) mass is 215 g/mol. The van der Waals surface area contributed by atoms with E-state index in [0.717, 1.165) is 5.56 Å². The molecule has 1 aromatic rings. The van der Waals surface area contributed by atoms with Crippen molar-refractivity contribution in [3.63, 3.8) is 0 Å². The van der Waals surface area contributed by atoms with Gasteiger partial charge < -0.3 is 4.90 Å². The molecule has 0 spiro atoms. The fraction of sp³-hybridized carbons (Fsp3) is 0.222. The number of nitrogens with zero attached hydrogens (tertiary/aromatic N) is 1. The Morgan fingerprint density at radius 3 is 2.62 bits per heavy atom. The van der Waals surface area contributed by atoms with Crippen molar-refractivity contribution in [3.05, 3.63) is 35.9 Å². The second-order valence-corrected chi connectivity index (χ2v) is 3.87. The Morgan fingerprint density at radius 1 is 1.46 bits per heavy atom. The molecule has 0 bridgehead atoms. The third-order valence-electron chi connectivity index (χ3n) is 1.64. The van der Waals surface area contributed by atoms with Crippen molar-refractivity contribution in [2.45, 2.75) is 6.54 Å². The van der Waals surface area contributed by atoms with Gasteiger partial charge in [0.1, 0.15) is 12.1 Å². The van der Waals surface area contributed by atoms with Crippen LogP contribution in [0.2, 0.25) is 0 Å². The highest BCUT2D eigenvalue weighted by Crippen LogP contribution is 2.11. The van der Waals surface area contributed by atoms with Crippen molar-refractivity contribution in [1.82, 2.24) is 4.90 Å². The molecule has 0 N–H and O–H groups in total. The molecular formula is C9H10FNS2. The van der Waals surface area contributed by atoms with Crippen molar-refractivity contribution in [2.75, 3.05) is 7.05 Å². The first kappa shape index (κ1) is 10.5. The summed E-state index contributed by atoms with van der Waals surface area (Å²) >= 11 is 4.90. The maximum Gasteiger partial charge on any atom is 0.169 e. The lowest BCUT2D eigenvalue weighted by Gasteiger charge is -2.16. The fourth-order valence-corrected chi connectivity index (χ4v) is 1.23. The minimum absolute atomic E-state index is 0.110. The van der Waals surface area contributed by atoms with Gasteiger partial charge >= 0.3 is 0 Å². The van der Waals surface area contributed by atoms with Crippen LogP contribution < -0.4 is 0 Å². The second kappa shape index (κ2) is 5.19. The van der Waals surface area contributed by atoms with Crippen molar-refractivity contribution in [3.8, 4) is 0 Å². The molecule has 13 heavy (non-hydrogen) atoms. The van der Waals surface area contributed by atoms with E-state index in [2.05, 4.69) is 0 Å². The summed E-state index contributed by atoms with van der Waals surface area (Å²) in [6.45, 7) is 0.649. The largest absolute Gasteiger partial charge is 0.354 e. The standard InChI is InChI=1S/C9H10FNS2/c1-11(9(12)13-10)7-8-5-3-2-4-6-8/h2-6H,7H2,1H3. The van der Waals surface area contributed by atoms with Gasteiger partial charge in [0, 0.05) is 13.6 Å². The van der Waals surface area contributed by atoms with Crippen molar-refractivity contribution in [2.24, 2.45) is 0 Å². The van der Waals surface area contributed by atoms with Crippen LogP contribution in [0.3, 0.4) is 0 Å². The van der Waals surface area contributed by atoms with E-state index in [1.807, 2.05) is 30.3 Å². The summed E-state index contributed by atoms with van der Waals surface area (Å²) in [6.07, 6.45) is 0. The molecule has 0 unspecified atom stereocenters. The van der Waals surface area contributed by atoms with Gasteiger partial charge in [0.2, 0.25) is 0 Å². The van der Waals surface area contributed by atoms with E-state index in [1.165, 1.54) is 0 Å². The number of hydrogen-bond donors (Lipinski definition) is 0. The van der Waals surface area contributed by atoms with E-state index in [4.69, 9.17) is 12.2 Å². The highest BCUT2D eigenvalue weighted by Gasteiger charge is 2.04. The smallest absolute Gasteiger partial charge is 0.169 e. The second-order valence-electron chi connectivity index (χ2n) is 2.68. The van der Waals surface area contributed by atoms with Gasteiger partial charge in [-0.25, -0.2) is 0 Å². The molecule has 1 aromatic carbocycles. The van der Waals surface area contributed by atoms with Crippen LogP contribution in [-0.4, -0.2) is 16.3 Å². The lowest BCUT2D eigenvalue weighted by Crippen LogP contribution is -2.20. The van der Waals surface area contributed by atoms with Gasteiger partial charge in [0.15, 0.2) is 4.32 Å². The summed E-state index contributed by atoms with van der Waals surface area (Å²) in [5.41, 5.74) is 1.13. The van der Waals surface area contributed by atoms with Gasteiger partial charge in [0.05, 0.1) is 0 Å². The van der Waals surface area contributed by atoms with E-state index in [0.29, 0.717) is 6.54 Å². The zero-order chi connectivity index (χ0) is 9.68. The van der Waals surface area contributed by atoms with E-state index >= 15 is 0 Å². The average molecular weight is 215 g/mol. The normalized spacial score (nSPS) is 9.69. The molecule has 0 heterocycles. The van der Waals surface area contributed by atoms with Crippen LogP contribution in [-0.2, 0) is 6.54 Å². The van der Waals surface area contributed by atoms with Crippen molar-refractivity contribution < 1.29 is 3.89 Å². The Morgan fingerprint density at radius 2 is 2.08 bits per heavy atom. The van der Waals surface area contributed by atoms with E-state index in [9.17, 15) is 3.89 Å². The number of benzene rings is 1. The molecule has 1 rings (SSSR count). The predicted molar refractivity (Wildman–Crippen MR) is 59.2 cm³/mol. The van der Waals surface area contributed by atoms with E-state index in [-0.39, 0.29) is 16.5 Å². The number of halogens is 1. The summed E-state index contributed by atoms with van der Waals surface area (Å²) < 4.78 is 12.3. The van der Waals surface area contributed by atoms with Crippen LogP contribution in [0.5, 0.6) is 0 Å². The maximum atomic E-state index is 12.1. The van der Waals surface area contributed by atoms with E-state index in [1.54, 1.807) is 11.9 Å². The van der Waals surface area contributed by atoms with Gasteiger partial charge in [-0.3, -0.25) is 0 Å². The third-order valence-corrected chi connectivity index (χ3v) is 2.58. The fourth-order valence-electron chi connectivity index (χ4n) is 0.981. The molecule has 0 aromatic heterocycles. The highest BCUT2D eigenvalue weighted by molar-refractivity contribution is 8.19. The van der Waals surface area contributed by atoms with Crippen LogP contribution in [0.1, 0.15) is 5.56 Å². The molecule has 0 amide bonds. The topological polar surface area (TPSA) is 3.24 Å². The van der Waals surface area contributed by atoms with E-state index < -0.39 is 0 Å². The molecule has 0 aliphatic heterocycles. The van der Waals surface area contributed by atoms with Crippen LogP contribution in [0, 0.1) is 0 Å². The maximum absolute atomic E-state index is 12.1. The van der Waals surface area contributed by atoms with Gasteiger partial charge in [-0.1, -0.05) is 30.3 Å². The van der Waals surface area contributed by atoms with Crippen LogP contribution >= 0.6 is 24.4 Å². The molecule has 0 aliphatic rings. The third kappa shape index (κ3) is 3.32. The summed E-state index contributed by atoms with van der Waals surface area (Å²) in [5.74, 6) is 0. The van der Waals surface area contributed by atoms with Crippen LogP contribution in [0.15, 0.2) is 30.3 Å². The molecule has 0 saturated carbocycles. The average Bonchev–Trinajstić information content (AvgIpc) is 2.18. The lowest BCUT2D eigenvalue weighted by atomic mass is 10.2. The molecule has 1 nitrogen and oxygen atoms in total. The number of thiocarbonyl (C=S) groups is 1. The Bertz CT molecular complexity index is 276. The first-order valence-corrected chi connectivity index (χ1v) is 4.94. The molecule has 70 valence electrons. The molecule has 0 radical (unpaired) electrons. The Labute approximate surface area is 87.2 Å². The zero-order valence-electron chi connectivity index (χ0n) is 7.24. The molecule has 4 heteroatoms. The lowest BCUT2D eigenvalue weighted by molar-refractivity contribution is 0.518. The summed E-state index contributed by atoms with van der Waals surface area (Å²) in [7, 11) is 1.78.